The molecule has 0 amide bonds. The SMILES string of the molecule is Cc1ccc2n3c(-c4ccccc4)cc4cccnc4c3c(NC(C)(C)CC(C)(C)C)[n+]2c1. The molecule has 0 radical (unpaired) electrons. The molecule has 33 heavy (non-hydrogen) atoms. The monoisotopic (exact) mass is 437 g/mol. The third-order valence-corrected chi connectivity index (χ3v) is 6.09. The summed E-state index contributed by atoms with van der Waals surface area (Å²) in [4.78, 5) is 4.85. The van der Waals surface area contributed by atoms with E-state index in [9.17, 15) is 0 Å². The average molecular weight is 438 g/mol. The zero-order valence-electron chi connectivity index (χ0n) is 20.5. The van der Waals surface area contributed by atoms with Gasteiger partial charge in [-0.2, -0.15) is 0 Å². The molecule has 1 N–H and O–H groups in total. The predicted octanol–water partition coefficient (Wildman–Crippen LogP) is 6.83. The van der Waals surface area contributed by atoms with Crippen LogP contribution < -0.4 is 9.72 Å². The van der Waals surface area contributed by atoms with E-state index in [1.54, 1.807) is 0 Å². The zero-order chi connectivity index (χ0) is 23.4. The number of nitrogens with one attached hydrogen (secondary N) is 1. The summed E-state index contributed by atoms with van der Waals surface area (Å²) in [5.41, 5.74) is 6.91. The van der Waals surface area contributed by atoms with Crippen molar-refractivity contribution in [2.75, 3.05) is 5.32 Å². The number of aromatic nitrogens is 3. The molecular formula is C29H33N4+. The van der Waals surface area contributed by atoms with Crippen LogP contribution in [-0.4, -0.2) is 14.9 Å². The maximum atomic E-state index is 4.85. The molecule has 0 bridgehead atoms. The fourth-order valence-electron chi connectivity index (χ4n) is 5.33. The molecule has 0 saturated heterocycles. The van der Waals surface area contributed by atoms with Gasteiger partial charge in [0.1, 0.15) is 11.2 Å². The smallest absolute Gasteiger partial charge is 0.269 e. The number of anilines is 1. The largest absolute Gasteiger partial charge is 0.297 e. The Hall–Kier alpha value is -3.40. The highest BCUT2D eigenvalue weighted by atomic mass is 15.2. The zero-order valence-corrected chi connectivity index (χ0v) is 20.5. The van der Waals surface area contributed by atoms with Gasteiger partial charge in [0, 0.05) is 23.2 Å². The van der Waals surface area contributed by atoms with E-state index in [2.05, 4.69) is 116 Å². The molecule has 168 valence electrons. The van der Waals surface area contributed by atoms with Gasteiger partial charge in [-0.3, -0.25) is 10.3 Å². The summed E-state index contributed by atoms with van der Waals surface area (Å²) in [5, 5.41) is 5.08. The lowest BCUT2D eigenvalue weighted by Crippen LogP contribution is -2.39. The number of aryl methyl sites for hydroxylation is 1. The Balaban J connectivity index is 1.92. The fraction of sp³-hybridized carbons (Fsp3) is 0.310. The van der Waals surface area contributed by atoms with Crippen molar-refractivity contribution in [2.45, 2.75) is 53.5 Å². The number of pyridine rings is 3. The van der Waals surface area contributed by atoms with Crippen molar-refractivity contribution < 1.29 is 4.40 Å². The van der Waals surface area contributed by atoms with Gasteiger partial charge in [-0.05, 0) is 56.4 Å². The number of hydrogen-bond donors (Lipinski definition) is 1. The molecule has 4 heteroatoms. The second-order valence-electron chi connectivity index (χ2n) is 11.1. The average Bonchev–Trinajstić information content (AvgIpc) is 3.05. The molecule has 0 saturated carbocycles. The first-order valence-corrected chi connectivity index (χ1v) is 11.7. The second kappa shape index (κ2) is 7.58. The van der Waals surface area contributed by atoms with Crippen LogP contribution in [0.1, 0.15) is 46.6 Å². The van der Waals surface area contributed by atoms with Crippen molar-refractivity contribution in [3.8, 4) is 11.3 Å². The number of nitrogens with zero attached hydrogens (tertiary/aromatic N) is 3. The van der Waals surface area contributed by atoms with Gasteiger partial charge in [0.25, 0.3) is 5.82 Å². The first-order chi connectivity index (χ1) is 15.6. The standard InChI is InChI=1S/C29H33N4/c1-20-14-15-24-32(18-20)27(31-29(5,6)19-28(2,3)4)26-25-22(13-10-16-30-25)17-23(33(24)26)21-11-8-7-9-12-21/h7-18,31H,19H2,1-6H3/q+1. The molecule has 5 aromatic rings. The molecule has 4 aromatic heterocycles. The number of benzene rings is 1. The van der Waals surface area contributed by atoms with Crippen LogP contribution >= 0.6 is 0 Å². The van der Waals surface area contributed by atoms with Crippen LogP contribution in [0.25, 0.3) is 33.3 Å². The third kappa shape index (κ3) is 3.95. The molecule has 0 aliphatic carbocycles. The van der Waals surface area contributed by atoms with Gasteiger partial charge in [-0.1, -0.05) is 57.2 Å². The Morgan fingerprint density at radius 3 is 2.42 bits per heavy atom. The van der Waals surface area contributed by atoms with Crippen LogP contribution in [0.2, 0.25) is 0 Å². The van der Waals surface area contributed by atoms with Crippen molar-refractivity contribution in [3.05, 3.63) is 78.6 Å². The van der Waals surface area contributed by atoms with E-state index < -0.39 is 0 Å². The number of fused-ring (bicyclic) bond motifs is 5. The van der Waals surface area contributed by atoms with Gasteiger partial charge < -0.3 is 0 Å². The van der Waals surface area contributed by atoms with E-state index in [0.29, 0.717) is 0 Å². The second-order valence-corrected chi connectivity index (χ2v) is 11.1. The van der Waals surface area contributed by atoms with Gasteiger partial charge in [-0.25, -0.2) is 8.80 Å². The molecule has 0 atom stereocenters. The van der Waals surface area contributed by atoms with E-state index >= 15 is 0 Å². The number of rotatable bonds is 4. The minimum absolute atomic E-state index is 0.104. The van der Waals surface area contributed by atoms with Gasteiger partial charge in [0.15, 0.2) is 0 Å². The highest BCUT2D eigenvalue weighted by Gasteiger charge is 2.33. The van der Waals surface area contributed by atoms with Crippen LogP contribution in [-0.2, 0) is 0 Å². The molecule has 5 rings (SSSR count). The van der Waals surface area contributed by atoms with Gasteiger partial charge >= 0.3 is 0 Å². The summed E-state index contributed by atoms with van der Waals surface area (Å²) in [7, 11) is 0. The molecule has 0 fully saturated rings. The van der Waals surface area contributed by atoms with Gasteiger partial charge in [-0.15, -0.1) is 0 Å². The third-order valence-electron chi connectivity index (χ3n) is 6.09. The van der Waals surface area contributed by atoms with Gasteiger partial charge in [0.05, 0.1) is 11.7 Å². The van der Waals surface area contributed by atoms with E-state index in [4.69, 9.17) is 4.98 Å². The summed E-state index contributed by atoms with van der Waals surface area (Å²) in [6.07, 6.45) is 5.15. The molecule has 0 unspecified atom stereocenters. The van der Waals surface area contributed by atoms with Crippen molar-refractivity contribution in [3.63, 3.8) is 0 Å². The minimum Gasteiger partial charge on any atom is -0.297 e. The number of imidazole rings is 1. The molecule has 0 aliphatic heterocycles. The van der Waals surface area contributed by atoms with E-state index in [1.807, 2.05) is 12.3 Å². The lowest BCUT2D eigenvalue weighted by atomic mass is 9.82. The van der Waals surface area contributed by atoms with Crippen LogP contribution in [0.15, 0.2) is 73.1 Å². The Morgan fingerprint density at radius 1 is 0.939 bits per heavy atom. The Morgan fingerprint density at radius 2 is 1.70 bits per heavy atom. The lowest BCUT2D eigenvalue weighted by molar-refractivity contribution is -0.495. The Labute approximate surface area is 195 Å². The Kier molecular flexibility index (Phi) is 4.93. The molecule has 1 aromatic carbocycles. The normalized spacial score (nSPS) is 12.7. The molecule has 4 heterocycles. The summed E-state index contributed by atoms with van der Waals surface area (Å²) in [6.45, 7) is 13.6. The topological polar surface area (TPSA) is 33.4 Å². The van der Waals surface area contributed by atoms with Gasteiger partial charge in [0.2, 0.25) is 11.2 Å². The predicted molar refractivity (Wildman–Crippen MR) is 138 cm³/mol. The Bertz CT molecular complexity index is 1470. The quantitative estimate of drug-likeness (QED) is 0.313. The highest BCUT2D eigenvalue weighted by molar-refractivity contribution is 6.01. The maximum Gasteiger partial charge on any atom is 0.269 e. The summed E-state index contributed by atoms with van der Waals surface area (Å²) in [6, 6.07) is 21.5. The molecular weight excluding hydrogens is 404 g/mol. The summed E-state index contributed by atoms with van der Waals surface area (Å²) >= 11 is 0. The van der Waals surface area contributed by atoms with Crippen LogP contribution in [0.5, 0.6) is 0 Å². The maximum absolute atomic E-state index is 4.85. The minimum atomic E-state index is -0.104. The van der Waals surface area contributed by atoms with E-state index in [0.717, 1.165) is 40.0 Å². The highest BCUT2D eigenvalue weighted by Crippen LogP contribution is 2.35. The molecule has 0 aliphatic rings. The van der Waals surface area contributed by atoms with Crippen molar-refractivity contribution in [2.24, 2.45) is 5.41 Å². The lowest BCUT2D eigenvalue weighted by Gasteiger charge is -2.31. The van der Waals surface area contributed by atoms with E-state index in [-0.39, 0.29) is 11.0 Å². The van der Waals surface area contributed by atoms with Crippen LogP contribution in [0.4, 0.5) is 5.82 Å². The fourth-order valence-corrected chi connectivity index (χ4v) is 5.33. The molecule has 4 nitrogen and oxygen atoms in total. The van der Waals surface area contributed by atoms with Crippen LogP contribution in [0, 0.1) is 12.3 Å². The first-order valence-electron chi connectivity index (χ1n) is 11.7. The summed E-state index contributed by atoms with van der Waals surface area (Å²) in [5.74, 6) is 1.09. The van der Waals surface area contributed by atoms with E-state index in [1.165, 1.54) is 11.1 Å². The van der Waals surface area contributed by atoms with Crippen molar-refractivity contribution in [1.29, 1.82) is 0 Å². The molecule has 0 spiro atoms. The van der Waals surface area contributed by atoms with Crippen LogP contribution in [0.3, 0.4) is 0 Å². The van der Waals surface area contributed by atoms with Crippen molar-refractivity contribution in [1.82, 2.24) is 9.38 Å². The summed E-state index contributed by atoms with van der Waals surface area (Å²) < 4.78 is 4.66. The first kappa shape index (κ1) is 21.4. The van der Waals surface area contributed by atoms with Crippen molar-refractivity contribution >= 4 is 27.9 Å². The number of hydrogen-bond acceptors (Lipinski definition) is 2.